The molecule has 2 aromatic carbocycles. The Morgan fingerprint density at radius 1 is 1.23 bits per heavy atom. The molecule has 0 aliphatic rings. The maximum atomic E-state index is 11.8. The second-order valence-corrected chi connectivity index (χ2v) is 5.40. The highest BCUT2D eigenvalue weighted by Crippen LogP contribution is 2.38. The summed E-state index contributed by atoms with van der Waals surface area (Å²) in [5.41, 5.74) is 2.87. The van der Waals surface area contributed by atoms with Gasteiger partial charge in [-0.25, -0.2) is 0 Å². The number of ether oxygens (including phenoxy) is 1. The van der Waals surface area contributed by atoms with Crippen molar-refractivity contribution < 1.29 is 14.6 Å². The molecule has 0 radical (unpaired) electrons. The average Bonchev–Trinajstić information content (AvgIpc) is 3.02. The Labute approximate surface area is 131 Å². The zero-order valence-corrected chi connectivity index (χ0v) is 12.7. The molecule has 0 bridgehead atoms. The number of fused-ring (bicyclic) bond motifs is 1. The molecule has 1 N–H and O–H groups in total. The smallest absolute Gasteiger partial charge is 0.306 e. The zero-order valence-electron chi connectivity index (χ0n) is 11.9. The van der Waals surface area contributed by atoms with Gasteiger partial charge in [0.2, 0.25) is 0 Å². The molecule has 0 amide bonds. The van der Waals surface area contributed by atoms with Gasteiger partial charge in [0.25, 0.3) is 0 Å². The molecule has 1 aromatic heterocycles. The highest BCUT2D eigenvalue weighted by Gasteiger charge is 2.25. The highest BCUT2D eigenvalue weighted by molar-refractivity contribution is 7.00. The van der Waals surface area contributed by atoms with E-state index in [0.29, 0.717) is 16.6 Å². The normalized spacial score (nSPS) is 12.2. The van der Waals surface area contributed by atoms with Crippen LogP contribution in [0, 0.1) is 0 Å². The summed E-state index contributed by atoms with van der Waals surface area (Å²) in [6.45, 7) is 0. The van der Waals surface area contributed by atoms with E-state index in [1.54, 1.807) is 12.1 Å². The lowest BCUT2D eigenvalue weighted by atomic mass is 9.87. The van der Waals surface area contributed by atoms with Gasteiger partial charge in [0, 0.05) is 11.5 Å². The monoisotopic (exact) mass is 314 g/mol. The summed E-state index contributed by atoms with van der Waals surface area (Å²) < 4.78 is 13.3. The van der Waals surface area contributed by atoms with Crippen molar-refractivity contribution in [3.05, 3.63) is 53.6 Å². The number of aromatic hydroxyl groups is 1. The average molecular weight is 314 g/mol. The largest absolute Gasteiger partial charge is 0.508 e. The van der Waals surface area contributed by atoms with Crippen LogP contribution >= 0.6 is 11.7 Å². The first kappa shape index (κ1) is 14.5. The van der Waals surface area contributed by atoms with Crippen molar-refractivity contribution >= 4 is 28.7 Å². The first-order valence-electron chi connectivity index (χ1n) is 6.76. The Bertz CT molecular complexity index is 802. The number of rotatable bonds is 4. The lowest BCUT2D eigenvalue weighted by Gasteiger charge is -2.18. The van der Waals surface area contributed by atoms with Crippen molar-refractivity contribution in [1.29, 1.82) is 0 Å². The van der Waals surface area contributed by atoms with Crippen molar-refractivity contribution in [3.63, 3.8) is 0 Å². The third-order valence-corrected chi connectivity index (χ3v) is 4.14. The van der Waals surface area contributed by atoms with Gasteiger partial charge in [0.15, 0.2) is 0 Å². The summed E-state index contributed by atoms with van der Waals surface area (Å²) in [6.07, 6.45) is 0.130. The fourth-order valence-electron chi connectivity index (χ4n) is 2.53. The van der Waals surface area contributed by atoms with Crippen LogP contribution in [-0.2, 0) is 9.53 Å². The molecule has 0 saturated carbocycles. The van der Waals surface area contributed by atoms with Crippen LogP contribution in [0.1, 0.15) is 23.5 Å². The molecule has 6 heteroatoms. The molecule has 3 rings (SSSR count). The van der Waals surface area contributed by atoms with Crippen LogP contribution in [0.15, 0.2) is 42.5 Å². The van der Waals surface area contributed by atoms with Gasteiger partial charge in [-0.2, -0.15) is 8.75 Å². The minimum Gasteiger partial charge on any atom is -0.508 e. The van der Waals surface area contributed by atoms with Crippen molar-refractivity contribution in [2.24, 2.45) is 0 Å². The number of carbonyl (C=O) groups is 1. The van der Waals surface area contributed by atoms with Crippen LogP contribution < -0.4 is 0 Å². The van der Waals surface area contributed by atoms with Gasteiger partial charge < -0.3 is 9.84 Å². The molecular formula is C16H14N2O3S. The molecule has 0 fully saturated rings. The lowest BCUT2D eigenvalue weighted by Crippen LogP contribution is -2.11. The van der Waals surface area contributed by atoms with Gasteiger partial charge in [-0.3, -0.25) is 4.79 Å². The molecule has 0 aliphatic carbocycles. The van der Waals surface area contributed by atoms with Gasteiger partial charge in [-0.05, 0) is 17.7 Å². The molecule has 3 aromatic rings. The number of aromatic nitrogens is 2. The predicted octanol–water partition coefficient (Wildman–Crippen LogP) is 3.09. The van der Waals surface area contributed by atoms with E-state index in [0.717, 1.165) is 17.3 Å². The van der Waals surface area contributed by atoms with E-state index in [2.05, 4.69) is 8.75 Å². The van der Waals surface area contributed by atoms with Gasteiger partial charge in [0.05, 0.1) is 25.3 Å². The van der Waals surface area contributed by atoms with Crippen LogP contribution in [0.4, 0.5) is 0 Å². The Morgan fingerprint density at radius 3 is 2.73 bits per heavy atom. The van der Waals surface area contributed by atoms with Gasteiger partial charge >= 0.3 is 5.97 Å². The molecule has 0 aliphatic heterocycles. The molecule has 0 saturated heterocycles. The summed E-state index contributed by atoms with van der Waals surface area (Å²) in [4.78, 5) is 11.8. The predicted molar refractivity (Wildman–Crippen MR) is 84.0 cm³/mol. The first-order valence-corrected chi connectivity index (χ1v) is 7.49. The fraction of sp³-hybridized carbons (Fsp3) is 0.188. The van der Waals surface area contributed by atoms with E-state index >= 15 is 0 Å². The number of hydrogen-bond acceptors (Lipinski definition) is 6. The first-order chi connectivity index (χ1) is 10.7. The van der Waals surface area contributed by atoms with E-state index in [1.807, 2.05) is 30.3 Å². The van der Waals surface area contributed by atoms with E-state index in [4.69, 9.17) is 4.74 Å². The van der Waals surface area contributed by atoms with Gasteiger partial charge in [0.1, 0.15) is 16.8 Å². The highest BCUT2D eigenvalue weighted by atomic mass is 32.1. The second kappa shape index (κ2) is 6.11. The molecule has 1 heterocycles. The van der Waals surface area contributed by atoms with Crippen LogP contribution in [0.3, 0.4) is 0 Å². The molecule has 112 valence electrons. The third-order valence-electron chi connectivity index (χ3n) is 3.59. The Hall–Kier alpha value is -2.47. The number of phenols is 1. The summed E-state index contributed by atoms with van der Waals surface area (Å²) in [5.74, 6) is -0.562. The quantitative estimate of drug-likeness (QED) is 0.749. The van der Waals surface area contributed by atoms with Crippen molar-refractivity contribution in [1.82, 2.24) is 8.75 Å². The van der Waals surface area contributed by atoms with E-state index in [9.17, 15) is 9.90 Å². The standard InChI is InChI=1S/C16H14N2O3S/c1-21-14(20)9-11(10-5-3-2-4-6-10)15-13(19)8-7-12-16(15)18-22-17-12/h2-8,11,19H,9H2,1H3/t11-/m1/s1. The van der Waals surface area contributed by atoms with E-state index in [-0.39, 0.29) is 24.1 Å². The Kier molecular flexibility index (Phi) is 4.02. The fourth-order valence-corrected chi connectivity index (χ4v) is 3.08. The number of methoxy groups -OCH3 is 1. The Morgan fingerprint density at radius 2 is 2.00 bits per heavy atom. The van der Waals surface area contributed by atoms with Crippen LogP contribution in [0.5, 0.6) is 5.75 Å². The van der Waals surface area contributed by atoms with Crippen molar-refractivity contribution in [3.8, 4) is 5.75 Å². The van der Waals surface area contributed by atoms with Crippen molar-refractivity contribution in [2.75, 3.05) is 7.11 Å². The number of esters is 1. The lowest BCUT2D eigenvalue weighted by molar-refractivity contribution is -0.140. The SMILES string of the molecule is COC(=O)C[C@H](c1ccccc1)c1c(O)ccc2nsnc12. The molecule has 0 spiro atoms. The van der Waals surface area contributed by atoms with Gasteiger partial charge in [-0.15, -0.1) is 0 Å². The molecule has 22 heavy (non-hydrogen) atoms. The molecular weight excluding hydrogens is 300 g/mol. The molecule has 0 unspecified atom stereocenters. The topological polar surface area (TPSA) is 72.3 Å². The number of phenolic OH excluding ortho intramolecular Hbond substituents is 1. The maximum Gasteiger partial charge on any atom is 0.306 e. The van der Waals surface area contributed by atoms with Crippen LogP contribution in [0.2, 0.25) is 0 Å². The molecule has 5 nitrogen and oxygen atoms in total. The number of benzene rings is 2. The van der Waals surface area contributed by atoms with Crippen molar-refractivity contribution in [2.45, 2.75) is 12.3 Å². The van der Waals surface area contributed by atoms with Gasteiger partial charge in [-0.1, -0.05) is 30.3 Å². The summed E-state index contributed by atoms with van der Waals surface area (Å²) >= 11 is 1.09. The minimum atomic E-state index is -0.339. The van der Waals surface area contributed by atoms with Crippen LogP contribution in [0.25, 0.3) is 11.0 Å². The zero-order chi connectivity index (χ0) is 15.5. The minimum absolute atomic E-state index is 0.109. The summed E-state index contributed by atoms with van der Waals surface area (Å²) in [7, 11) is 1.36. The maximum absolute atomic E-state index is 11.8. The third kappa shape index (κ3) is 2.65. The number of carbonyl (C=O) groups excluding carboxylic acids is 1. The Balaban J connectivity index is 2.17. The number of nitrogens with zero attached hydrogens (tertiary/aromatic N) is 2. The van der Waals surface area contributed by atoms with Crippen LogP contribution in [-0.4, -0.2) is 26.9 Å². The van der Waals surface area contributed by atoms with E-state index < -0.39 is 0 Å². The number of hydrogen-bond donors (Lipinski definition) is 1. The molecule has 1 atom stereocenters. The summed E-state index contributed by atoms with van der Waals surface area (Å²) in [6, 6.07) is 12.9. The van der Waals surface area contributed by atoms with E-state index in [1.165, 1.54) is 7.11 Å². The summed E-state index contributed by atoms with van der Waals surface area (Å²) in [5, 5.41) is 10.3. The second-order valence-electron chi connectivity index (χ2n) is 4.87.